The van der Waals surface area contributed by atoms with Gasteiger partial charge in [-0.2, -0.15) is 0 Å². The molecule has 0 spiro atoms. The zero-order chi connectivity index (χ0) is 13.7. The summed E-state index contributed by atoms with van der Waals surface area (Å²) in [6.07, 6.45) is 3.54. The van der Waals surface area contributed by atoms with Crippen LogP contribution in [0.25, 0.3) is 0 Å². The summed E-state index contributed by atoms with van der Waals surface area (Å²) in [5, 5.41) is 0. The van der Waals surface area contributed by atoms with Crippen molar-refractivity contribution in [1.82, 2.24) is 4.72 Å². The fraction of sp³-hybridized carbons (Fsp3) is 0.538. The first-order valence-corrected chi connectivity index (χ1v) is 9.15. The van der Waals surface area contributed by atoms with Crippen molar-refractivity contribution in [2.75, 3.05) is 23.8 Å². The van der Waals surface area contributed by atoms with Crippen LogP contribution in [-0.2, 0) is 10.0 Å². The molecule has 1 aliphatic carbocycles. The van der Waals surface area contributed by atoms with E-state index in [2.05, 4.69) is 4.72 Å². The quantitative estimate of drug-likeness (QED) is 0.597. The molecule has 1 aromatic rings. The second-order valence-electron chi connectivity index (χ2n) is 4.89. The third kappa shape index (κ3) is 5.04. The van der Waals surface area contributed by atoms with Gasteiger partial charge in [-0.1, -0.05) is 12.5 Å². The summed E-state index contributed by atoms with van der Waals surface area (Å²) in [6.45, 7) is 0.602. The van der Waals surface area contributed by atoms with Crippen molar-refractivity contribution in [3.05, 3.63) is 24.3 Å². The van der Waals surface area contributed by atoms with Crippen molar-refractivity contribution in [3.8, 4) is 0 Å². The van der Waals surface area contributed by atoms with E-state index in [0.29, 0.717) is 23.9 Å². The van der Waals surface area contributed by atoms with Crippen LogP contribution in [0.2, 0.25) is 0 Å². The van der Waals surface area contributed by atoms with Gasteiger partial charge in [-0.15, -0.1) is 11.8 Å². The topological polar surface area (TPSA) is 72.2 Å². The molecule has 2 rings (SSSR count). The van der Waals surface area contributed by atoms with Crippen LogP contribution in [-0.4, -0.2) is 26.5 Å². The highest BCUT2D eigenvalue weighted by molar-refractivity contribution is 8.00. The van der Waals surface area contributed by atoms with E-state index in [9.17, 15) is 8.42 Å². The molecule has 19 heavy (non-hydrogen) atoms. The molecule has 3 N–H and O–H groups in total. The average molecular weight is 300 g/mol. The molecule has 1 aliphatic rings. The minimum absolute atomic E-state index is 0.152. The molecular weight excluding hydrogens is 280 g/mol. The molecule has 0 saturated heterocycles. The Bertz CT molecular complexity index is 513. The minimum Gasteiger partial charge on any atom is -0.399 e. The number of thioether (sulfide) groups is 1. The van der Waals surface area contributed by atoms with Crippen LogP contribution in [0.1, 0.15) is 19.3 Å². The highest BCUT2D eigenvalue weighted by Crippen LogP contribution is 2.25. The van der Waals surface area contributed by atoms with E-state index < -0.39 is 10.0 Å². The van der Waals surface area contributed by atoms with E-state index in [1.807, 2.05) is 24.3 Å². The molecule has 0 aromatic heterocycles. The summed E-state index contributed by atoms with van der Waals surface area (Å²) in [6, 6.07) is 7.50. The normalized spacial score (nSPS) is 16.2. The van der Waals surface area contributed by atoms with Crippen molar-refractivity contribution < 1.29 is 8.42 Å². The van der Waals surface area contributed by atoms with Crippen LogP contribution >= 0.6 is 11.8 Å². The van der Waals surface area contributed by atoms with Crippen LogP contribution in [0, 0.1) is 5.92 Å². The van der Waals surface area contributed by atoms with E-state index in [1.165, 1.54) is 18.2 Å². The maximum Gasteiger partial charge on any atom is 0.212 e. The first-order valence-electron chi connectivity index (χ1n) is 6.51. The zero-order valence-electron chi connectivity index (χ0n) is 10.8. The van der Waals surface area contributed by atoms with Crippen molar-refractivity contribution >= 4 is 27.5 Å². The van der Waals surface area contributed by atoms with Crippen LogP contribution in [0.3, 0.4) is 0 Å². The fourth-order valence-electron chi connectivity index (χ4n) is 1.89. The van der Waals surface area contributed by atoms with Gasteiger partial charge in [-0.25, -0.2) is 13.1 Å². The maximum atomic E-state index is 11.8. The summed E-state index contributed by atoms with van der Waals surface area (Å²) >= 11 is 1.52. The molecule has 1 aromatic carbocycles. The van der Waals surface area contributed by atoms with E-state index in [-0.39, 0.29) is 5.75 Å². The number of hydrogen-bond acceptors (Lipinski definition) is 4. The van der Waals surface area contributed by atoms with E-state index in [1.54, 1.807) is 0 Å². The Hall–Kier alpha value is -0.720. The van der Waals surface area contributed by atoms with Gasteiger partial charge in [0.25, 0.3) is 0 Å². The first kappa shape index (κ1) is 14.7. The molecule has 0 atom stereocenters. The van der Waals surface area contributed by atoms with Crippen molar-refractivity contribution in [1.29, 1.82) is 0 Å². The Morgan fingerprint density at radius 3 is 2.79 bits per heavy atom. The highest BCUT2D eigenvalue weighted by atomic mass is 32.2. The second kappa shape index (κ2) is 6.63. The summed E-state index contributed by atoms with van der Waals surface area (Å²) < 4.78 is 26.3. The summed E-state index contributed by atoms with van der Waals surface area (Å²) in [7, 11) is -3.14. The zero-order valence-corrected chi connectivity index (χ0v) is 12.5. The standard InChI is InChI=1S/C13H20N2O2S2/c14-12-5-2-6-13(9-12)18-7-8-19(16,17)15-10-11-3-1-4-11/h2,5-6,9,11,15H,1,3-4,7-8,10,14H2. The second-order valence-corrected chi connectivity index (χ2v) is 7.98. The molecule has 0 radical (unpaired) electrons. The predicted molar refractivity (Wildman–Crippen MR) is 80.7 cm³/mol. The number of rotatable bonds is 7. The first-order chi connectivity index (χ1) is 9.05. The highest BCUT2D eigenvalue weighted by Gasteiger charge is 2.19. The number of nitrogen functional groups attached to an aromatic ring is 1. The lowest BCUT2D eigenvalue weighted by Crippen LogP contribution is -2.34. The predicted octanol–water partition coefficient (Wildman–Crippen LogP) is 2.08. The number of benzene rings is 1. The molecule has 6 heteroatoms. The van der Waals surface area contributed by atoms with Gasteiger partial charge in [0.15, 0.2) is 0 Å². The van der Waals surface area contributed by atoms with Gasteiger partial charge in [0.05, 0.1) is 5.75 Å². The number of nitrogens with one attached hydrogen (secondary N) is 1. The molecule has 0 unspecified atom stereocenters. The average Bonchev–Trinajstić information content (AvgIpc) is 2.26. The van der Waals surface area contributed by atoms with Crippen LogP contribution < -0.4 is 10.5 Å². The van der Waals surface area contributed by atoms with Crippen molar-refractivity contribution in [2.24, 2.45) is 5.92 Å². The van der Waals surface area contributed by atoms with E-state index in [0.717, 1.165) is 17.7 Å². The number of anilines is 1. The van der Waals surface area contributed by atoms with Gasteiger partial charge in [0.2, 0.25) is 10.0 Å². The van der Waals surface area contributed by atoms with Gasteiger partial charge < -0.3 is 5.73 Å². The van der Waals surface area contributed by atoms with E-state index in [4.69, 9.17) is 5.73 Å². The van der Waals surface area contributed by atoms with Gasteiger partial charge in [0, 0.05) is 22.9 Å². The Morgan fingerprint density at radius 1 is 1.37 bits per heavy atom. The Morgan fingerprint density at radius 2 is 2.16 bits per heavy atom. The molecule has 0 heterocycles. The molecule has 0 amide bonds. The van der Waals surface area contributed by atoms with Gasteiger partial charge in [-0.05, 0) is 37.0 Å². The van der Waals surface area contributed by atoms with Crippen LogP contribution in [0.5, 0.6) is 0 Å². The molecule has 106 valence electrons. The molecular formula is C13H20N2O2S2. The summed E-state index contributed by atoms with van der Waals surface area (Å²) in [5.41, 5.74) is 6.38. The Kier molecular flexibility index (Phi) is 5.13. The lowest BCUT2D eigenvalue weighted by molar-refractivity contribution is 0.316. The molecule has 0 aliphatic heterocycles. The van der Waals surface area contributed by atoms with Crippen molar-refractivity contribution in [2.45, 2.75) is 24.2 Å². The van der Waals surface area contributed by atoms with Gasteiger partial charge >= 0.3 is 0 Å². The lowest BCUT2D eigenvalue weighted by Gasteiger charge is -2.25. The molecule has 4 nitrogen and oxygen atoms in total. The Labute approximate surface area is 119 Å². The molecule has 0 bridgehead atoms. The molecule has 1 saturated carbocycles. The van der Waals surface area contributed by atoms with Gasteiger partial charge in [0.1, 0.15) is 0 Å². The third-order valence-electron chi connectivity index (χ3n) is 3.30. The number of hydrogen-bond donors (Lipinski definition) is 2. The van der Waals surface area contributed by atoms with E-state index >= 15 is 0 Å². The summed E-state index contributed by atoms with van der Waals surface area (Å²) in [4.78, 5) is 1.01. The SMILES string of the molecule is Nc1cccc(SCCS(=O)(=O)NCC2CCC2)c1. The van der Waals surface area contributed by atoms with Gasteiger partial charge in [-0.3, -0.25) is 0 Å². The van der Waals surface area contributed by atoms with Crippen LogP contribution in [0.15, 0.2) is 29.2 Å². The third-order valence-corrected chi connectivity index (χ3v) is 5.90. The maximum absolute atomic E-state index is 11.8. The smallest absolute Gasteiger partial charge is 0.212 e. The number of sulfonamides is 1. The Balaban J connectivity index is 1.71. The fourth-order valence-corrected chi connectivity index (χ4v) is 4.36. The largest absolute Gasteiger partial charge is 0.399 e. The molecule has 1 fully saturated rings. The monoisotopic (exact) mass is 300 g/mol. The van der Waals surface area contributed by atoms with Crippen LogP contribution in [0.4, 0.5) is 5.69 Å². The minimum atomic E-state index is -3.14. The lowest BCUT2D eigenvalue weighted by atomic mass is 9.86. The number of nitrogens with two attached hydrogens (primary N) is 1. The van der Waals surface area contributed by atoms with Crippen molar-refractivity contribution in [3.63, 3.8) is 0 Å². The summed E-state index contributed by atoms with van der Waals surface area (Å²) in [5.74, 6) is 1.25.